The highest BCUT2D eigenvalue weighted by molar-refractivity contribution is 6.42. The summed E-state index contributed by atoms with van der Waals surface area (Å²) in [6.45, 7) is 31.8. The van der Waals surface area contributed by atoms with E-state index < -0.39 is 0 Å². The molecule has 5 aromatic carbocycles. The fraction of sp³-hybridized carbons (Fsp3) is 0.400. The lowest BCUT2D eigenvalue weighted by Crippen LogP contribution is -2.12. The molecule has 0 aliphatic rings. The summed E-state index contributed by atoms with van der Waals surface area (Å²) in [4.78, 5) is 0. The summed E-state index contributed by atoms with van der Waals surface area (Å²) in [5, 5.41) is 2.86. The highest BCUT2D eigenvalue weighted by Crippen LogP contribution is 2.30. The Bertz CT molecular complexity index is 1860. The van der Waals surface area contributed by atoms with E-state index in [2.05, 4.69) is 101 Å². The number of hydrogen-bond donors (Lipinski definition) is 0. The minimum atomic E-state index is -0.155. The van der Waals surface area contributed by atoms with Gasteiger partial charge in [0.15, 0.2) is 0 Å². The largest absolute Gasteiger partial charge is 0.207 e. The predicted molar refractivity (Wildman–Crippen MR) is 246 cm³/mol. The molecule has 6 heteroatoms. The van der Waals surface area contributed by atoms with E-state index in [4.69, 9.17) is 46.4 Å². The van der Waals surface area contributed by atoms with Crippen LogP contribution in [0.1, 0.15) is 132 Å². The fourth-order valence-electron chi connectivity index (χ4n) is 4.89. The maximum absolute atomic E-state index is 13.1. The number of hydrogen-bond acceptors (Lipinski definition) is 0. The lowest BCUT2D eigenvalue weighted by atomic mass is 9.87. The van der Waals surface area contributed by atoms with Crippen LogP contribution in [0.3, 0.4) is 0 Å². The average Bonchev–Trinajstić information content (AvgIpc) is 3.05. The third kappa shape index (κ3) is 19.5. The van der Waals surface area contributed by atoms with E-state index in [1.54, 1.807) is 18.2 Å². The van der Waals surface area contributed by atoms with Crippen molar-refractivity contribution in [2.45, 2.75) is 131 Å². The van der Waals surface area contributed by atoms with Gasteiger partial charge in [0.1, 0.15) is 11.6 Å². The molecule has 0 aliphatic heterocycles. The van der Waals surface area contributed by atoms with Crippen LogP contribution in [0, 0.1) is 11.6 Å². The Morgan fingerprint density at radius 1 is 0.339 bits per heavy atom. The monoisotopic (exact) mass is 842 g/mol. The smallest absolute Gasteiger partial charge is 0.126 e. The van der Waals surface area contributed by atoms with Crippen molar-refractivity contribution >= 4 is 46.4 Å². The van der Waals surface area contributed by atoms with Crippen LogP contribution in [0.2, 0.25) is 20.1 Å². The second-order valence-electron chi connectivity index (χ2n) is 18.9. The first kappa shape index (κ1) is 51.1. The molecule has 0 amide bonds. The maximum Gasteiger partial charge on any atom is 0.126 e. The van der Waals surface area contributed by atoms with Crippen molar-refractivity contribution in [2.24, 2.45) is 0 Å². The molecule has 0 bridgehead atoms. The van der Waals surface area contributed by atoms with E-state index in [-0.39, 0.29) is 38.7 Å². The van der Waals surface area contributed by atoms with Crippen LogP contribution in [-0.2, 0) is 27.1 Å². The van der Waals surface area contributed by atoms with E-state index in [0.29, 0.717) is 10.0 Å². The molecule has 0 aromatic heterocycles. The number of rotatable bonds is 0. The Morgan fingerprint density at radius 3 is 1.12 bits per heavy atom. The van der Waals surface area contributed by atoms with Gasteiger partial charge in [0.25, 0.3) is 0 Å². The van der Waals surface area contributed by atoms with Crippen molar-refractivity contribution in [1.82, 2.24) is 0 Å². The van der Waals surface area contributed by atoms with Gasteiger partial charge in [-0.15, -0.1) is 0 Å². The molecule has 0 atom stereocenters. The Hall–Kier alpha value is -2.88. The van der Waals surface area contributed by atoms with Gasteiger partial charge in [-0.25, -0.2) is 8.78 Å². The molecule has 0 nitrogen and oxygen atoms in total. The Labute approximate surface area is 359 Å². The molecular weight excluding hydrogens is 780 g/mol. The summed E-state index contributed by atoms with van der Waals surface area (Å²) < 4.78 is 25.8. The van der Waals surface area contributed by atoms with Crippen molar-refractivity contribution in [1.29, 1.82) is 0 Å². The standard InChI is InChI=1S/C10H12Cl2.2C10H13Cl.2C10H13F/c1-10(2,3)7-4-5-8(11)9(12)6-7;1-10(2,3)8-4-6-9(11)7-5-8;2*1-10(2,3)8-5-4-6-9(11)7-8;1-10(2,3)8-6-4-5-7-9(8)11/h4-6H,1-3H3;4*4-7H,1-3H3. The molecule has 0 radical (unpaired) electrons. The van der Waals surface area contributed by atoms with Gasteiger partial charge in [0, 0.05) is 10.0 Å². The van der Waals surface area contributed by atoms with E-state index in [1.165, 1.54) is 28.8 Å². The zero-order chi connectivity index (χ0) is 43.3. The van der Waals surface area contributed by atoms with Crippen LogP contribution >= 0.6 is 46.4 Å². The molecule has 0 fully saturated rings. The zero-order valence-corrected chi connectivity index (χ0v) is 39.3. The summed E-state index contributed by atoms with van der Waals surface area (Å²) in [5.74, 6) is -0.266. The normalized spacial score (nSPS) is 11.7. The quantitative estimate of drug-likeness (QED) is 0.146. The SMILES string of the molecule is CC(C)(C)c1ccc(Cl)c(Cl)c1.CC(C)(C)c1ccc(Cl)cc1.CC(C)(C)c1cccc(Cl)c1.CC(C)(C)c1cccc(F)c1.CC(C)(C)c1ccccc1F. The van der Waals surface area contributed by atoms with E-state index in [0.717, 1.165) is 21.2 Å². The highest BCUT2D eigenvalue weighted by atomic mass is 35.5. The molecule has 0 aliphatic carbocycles. The predicted octanol–water partition coefficient (Wildman–Crippen LogP) is 17.8. The Morgan fingerprint density at radius 2 is 0.768 bits per heavy atom. The van der Waals surface area contributed by atoms with Crippen molar-refractivity contribution in [3.63, 3.8) is 0 Å². The van der Waals surface area contributed by atoms with Crippen LogP contribution in [0.25, 0.3) is 0 Å². The van der Waals surface area contributed by atoms with Crippen molar-refractivity contribution in [3.8, 4) is 0 Å². The first-order valence-electron chi connectivity index (χ1n) is 18.9. The van der Waals surface area contributed by atoms with Gasteiger partial charge >= 0.3 is 0 Å². The summed E-state index contributed by atoms with van der Waals surface area (Å²) in [6, 6.07) is 35.4. The highest BCUT2D eigenvalue weighted by Gasteiger charge is 2.17. The second kappa shape index (κ2) is 21.8. The minimum absolute atomic E-state index is 0.0437. The molecule has 0 saturated carbocycles. The molecule has 0 unspecified atom stereocenters. The number of benzene rings is 5. The molecular formula is C50H64Cl4F2. The topological polar surface area (TPSA) is 0 Å². The lowest BCUT2D eigenvalue weighted by Gasteiger charge is -2.19. The molecule has 0 spiro atoms. The summed E-state index contributed by atoms with van der Waals surface area (Å²) in [5.41, 5.74) is 6.14. The van der Waals surface area contributed by atoms with Crippen molar-refractivity contribution in [2.75, 3.05) is 0 Å². The maximum atomic E-state index is 13.1. The van der Waals surface area contributed by atoms with Crippen LogP contribution in [0.4, 0.5) is 8.78 Å². The van der Waals surface area contributed by atoms with Gasteiger partial charge < -0.3 is 0 Å². The molecule has 0 N–H and O–H groups in total. The van der Waals surface area contributed by atoms with Gasteiger partial charge in [-0.05, 0) is 109 Å². The zero-order valence-electron chi connectivity index (χ0n) is 36.2. The Balaban J connectivity index is 0.000000350. The molecule has 56 heavy (non-hydrogen) atoms. The van der Waals surface area contributed by atoms with Crippen LogP contribution in [0.5, 0.6) is 0 Å². The molecule has 0 heterocycles. The molecule has 5 rings (SSSR count). The van der Waals surface area contributed by atoms with E-state index in [9.17, 15) is 8.78 Å². The third-order valence-electron chi connectivity index (χ3n) is 8.56. The van der Waals surface area contributed by atoms with Crippen molar-refractivity contribution < 1.29 is 8.78 Å². The van der Waals surface area contributed by atoms with Gasteiger partial charge in [-0.1, -0.05) is 211 Å². The summed E-state index contributed by atoms with van der Waals surface area (Å²) >= 11 is 23.3. The van der Waals surface area contributed by atoms with Gasteiger partial charge in [-0.2, -0.15) is 0 Å². The van der Waals surface area contributed by atoms with Gasteiger partial charge in [0.05, 0.1) is 10.0 Å². The minimum Gasteiger partial charge on any atom is -0.207 e. The van der Waals surface area contributed by atoms with E-state index >= 15 is 0 Å². The lowest BCUT2D eigenvalue weighted by molar-refractivity contribution is 0.523. The molecule has 306 valence electrons. The van der Waals surface area contributed by atoms with Crippen LogP contribution in [0.15, 0.2) is 115 Å². The summed E-state index contributed by atoms with van der Waals surface area (Å²) in [7, 11) is 0. The van der Waals surface area contributed by atoms with Crippen molar-refractivity contribution in [3.05, 3.63) is 175 Å². The third-order valence-corrected chi connectivity index (χ3v) is 9.79. The average molecular weight is 845 g/mol. The first-order chi connectivity index (χ1) is 25.4. The molecule has 5 aromatic rings. The fourth-order valence-corrected chi connectivity index (χ4v) is 5.51. The van der Waals surface area contributed by atoms with Crippen LogP contribution < -0.4 is 0 Å². The van der Waals surface area contributed by atoms with Crippen LogP contribution in [-0.4, -0.2) is 0 Å². The molecule has 0 saturated heterocycles. The second-order valence-corrected chi connectivity index (χ2v) is 20.6. The first-order valence-corrected chi connectivity index (χ1v) is 20.4. The Kier molecular flexibility index (Phi) is 19.9. The van der Waals surface area contributed by atoms with E-state index in [1.807, 2.05) is 87.5 Å². The number of halogens is 6. The van der Waals surface area contributed by atoms with Gasteiger partial charge in [0.2, 0.25) is 0 Å². The summed E-state index contributed by atoms with van der Waals surface area (Å²) in [6.07, 6.45) is 0. The van der Waals surface area contributed by atoms with Gasteiger partial charge in [-0.3, -0.25) is 0 Å².